The minimum Gasteiger partial charge on any atom is -0.0843 e. The molecule has 2 atom stereocenters. The number of rotatable bonds is 3. The van der Waals surface area contributed by atoms with Gasteiger partial charge in [0, 0.05) is 5.02 Å². The van der Waals surface area contributed by atoms with E-state index >= 15 is 0 Å². The van der Waals surface area contributed by atoms with Gasteiger partial charge in [0.2, 0.25) is 0 Å². The molecular formula is C18H23Cl. The normalized spacial score (nSPS) is 39.2. The molecule has 2 fully saturated rings. The van der Waals surface area contributed by atoms with Gasteiger partial charge in [-0.2, -0.15) is 0 Å². The van der Waals surface area contributed by atoms with E-state index in [0.29, 0.717) is 5.41 Å². The first kappa shape index (κ1) is 12.3. The number of halogens is 1. The van der Waals surface area contributed by atoms with E-state index < -0.39 is 0 Å². The zero-order valence-corrected chi connectivity index (χ0v) is 12.5. The van der Waals surface area contributed by atoms with Crippen LogP contribution in [0.25, 0.3) is 0 Å². The van der Waals surface area contributed by atoms with Gasteiger partial charge in [0.1, 0.15) is 0 Å². The molecule has 0 bridgehead atoms. The highest BCUT2D eigenvalue weighted by atomic mass is 35.5. The molecule has 0 heterocycles. The largest absolute Gasteiger partial charge is 0.0843 e. The molecule has 19 heavy (non-hydrogen) atoms. The molecule has 1 heteroatoms. The smallest absolute Gasteiger partial charge is 0.0409 e. The summed E-state index contributed by atoms with van der Waals surface area (Å²) >= 11 is 6.21. The van der Waals surface area contributed by atoms with Crippen molar-refractivity contribution in [2.75, 3.05) is 0 Å². The molecule has 0 aromatic heterocycles. The second-order valence-electron chi connectivity index (χ2n) is 7.21. The lowest BCUT2D eigenvalue weighted by atomic mass is 9.70. The van der Waals surface area contributed by atoms with E-state index in [1.807, 2.05) is 0 Å². The Hall–Kier alpha value is -0.490. The Balaban J connectivity index is 1.46. The maximum Gasteiger partial charge on any atom is 0.0409 e. The van der Waals surface area contributed by atoms with Crippen molar-refractivity contribution in [2.24, 2.45) is 17.8 Å². The van der Waals surface area contributed by atoms with Crippen LogP contribution in [0.2, 0.25) is 5.02 Å². The molecule has 0 aliphatic heterocycles. The van der Waals surface area contributed by atoms with E-state index in [-0.39, 0.29) is 0 Å². The topological polar surface area (TPSA) is 0 Å². The fourth-order valence-corrected chi connectivity index (χ4v) is 5.02. The molecule has 1 aromatic rings. The second-order valence-corrected chi connectivity index (χ2v) is 7.64. The van der Waals surface area contributed by atoms with Crippen molar-refractivity contribution in [1.29, 1.82) is 0 Å². The van der Waals surface area contributed by atoms with E-state index in [1.165, 1.54) is 44.9 Å². The zero-order valence-electron chi connectivity index (χ0n) is 11.8. The molecule has 0 saturated heterocycles. The molecule has 1 spiro atoms. The summed E-state index contributed by atoms with van der Waals surface area (Å²) in [6.45, 7) is 2.34. The standard InChI is InChI=1S/C18H23Cl/c1-2-12-7-13(8-12)9-15-11-18(15)6-5-14-3-4-16(19)10-17(14)18/h3-4,10,12-13,15H,2,5-9,11H2,1H3. The summed E-state index contributed by atoms with van der Waals surface area (Å²) in [5.74, 6) is 3.05. The third-order valence-electron chi connectivity index (χ3n) is 6.21. The van der Waals surface area contributed by atoms with E-state index in [1.54, 1.807) is 11.1 Å². The van der Waals surface area contributed by atoms with Crippen molar-refractivity contribution in [3.63, 3.8) is 0 Å². The predicted octanol–water partition coefficient (Wildman–Crippen LogP) is 5.37. The van der Waals surface area contributed by atoms with Gasteiger partial charge in [0.15, 0.2) is 0 Å². The molecule has 3 aliphatic carbocycles. The Bertz CT molecular complexity index is 500. The molecule has 2 unspecified atom stereocenters. The van der Waals surface area contributed by atoms with Crippen molar-refractivity contribution in [1.82, 2.24) is 0 Å². The molecule has 4 rings (SSSR count). The van der Waals surface area contributed by atoms with Gasteiger partial charge >= 0.3 is 0 Å². The van der Waals surface area contributed by atoms with Gasteiger partial charge in [-0.25, -0.2) is 0 Å². The van der Waals surface area contributed by atoms with Gasteiger partial charge in [-0.3, -0.25) is 0 Å². The van der Waals surface area contributed by atoms with E-state index in [9.17, 15) is 0 Å². The van der Waals surface area contributed by atoms with Crippen LogP contribution >= 0.6 is 11.6 Å². The number of hydrogen-bond acceptors (Lipinski definition) is 0. The van der Waals surface area contributed by atoms with Crippen molar-refractivity contribution < 1.29 is 0 Å². The fourth-order valence-electron chi connectivity index (χ4n) is 4.85. The van der Waals surface area contributed by atoms with Crippen LogP contribution in [0.15, 0.2) is 18.2 Å². The Morgan fingerprint density at radius 2 is 2.11 bits per heavy atom. The second kappa shape index (κ2) is 4.25. The van der Waals surface area contributed by atoms with Crippen LogP contribution in [0, 0.1) is 17.8 Å². The number of aryl methyl sites for hydroxylation is 1. The summed E-state index contributed by atoms with van der Waals surface area (Å²) in [5.41, 5.74) is 3.74. The van der Waals surface area contributed by atoms with E-state index in [2.05, 4.69) is 25.1 Å². The third kappa shape index (κ3) is 1.87. The van der Waals surface area contributed by atoms with Crippen LogP contribution in [0.5, 0.6) is 0 Å². The van der Waals surface area contributed by atoms with Gasteiger partial charge < -0.3 is 0 Å². The van der Waals surface area contributed by atoms with Crippen LogP contribution in [-0.2, 0) is 11.8 Å². The van der Waals surface area contributed by atoms with Gasteiger partial charge in [-0.1, -0.05) is 31.0 Å². The number of hydrogen-bond donors (Lipinski definition) is 0. The first-order valence-corrected chi connectivity index (χ1v) is 8.38. The summed E-state index contributed by atoms with van der Waals surface area (Å²) in [5, 5.41) is 0.931. The Morgan fingerprint density at radius 1 is 1.26 bits per heavy atom. The van der Waals surface area contributed by atoms with Crippen molar-refractivity contribution >= 4 is 11.6 Å². The average Bonchev–Trinajstić information content (AvgIpc) is 2.94. The van der Waals surface area contributed by atoms with E-state index in [4.69, 9.17) is 11.6 Å². The Kier molecular flexibility index (Phi) is 2.74. The lowest BCUT2D eigenvalue weighted by molar-refractivity contribution is 0.166. The summed E-state index contributed by atoms with van der Waals surface area (Å²) < 4.78 is 0. The molecule has 3 aliphatic rings. The van der Waals surface area contributed by atoms with Gasteiger partial charge in [-0.05, 0) is 85.0 Å². The quantitative estimate of drug-likeness (QED) is 0.695. The number of benzene rings is 1. The molecule has 102 valence electrons. The van der Waals surface area contributed by atoms with E-state index in [0.717, 1.165) is 22.8 Å². The van der Waals surface area contributed by atoms with Gasteiger partial charge in [-0.15, -0.1) is 0 Å². The molecular weight excluding hydrogens is 252 g/mol. The average molecular weight is 275 g/mol. The minimum absolute atomic E-state index is 0.553. The minimum atomic E-state index is 0.553. The molecule has 1 aromatic carbocycles. The number of fused-ring (bicyclic) bond motifs is 2. The first-order chi connectivity index (χ1) is 9.21. The molecule has 0 radical (unpaired) electrons. The van der Waals surface area contributed by atoms with Gasteiger partial charge in [0.05, 0.1) is 0 Å². The zero-order chi connectivity index (χ0) is 13.0. The molecule has 0 nitrogen and oxygen atoms in total. The molecule has 2 saturated carbocycles. The molecule has 0 N–H and O–H groups in total. The fraction of sp³-hybridized carbons (Fsp3) is 0.667. The first-order valence-electron chi connectivity index (χ1n) is 8.00. The molecule has 0 amide bonds. The van der Waals surface area contributed by atoms with Crippen LogP contribution in [0.3, 0.4) is 0 Å². The van der Waals surface area contributed by atoms with Gasteiger partial charge in [0.25, 0.3) is 0 Å². The summed E-state index contributed by atoms with van der Waals surface area (Å²) in [7, 11) is 0. The monoisotopic (exact) mass is 274 g/mol. The SMILES string of the molecule is CCC1CC(CC2CC23CCc2ccc(Cl)cc23)C1. The summed E-state index contributed by atoms with van der Waals surface area (Å²) in [6.07, 6.45) is 10.0. The van der Waals surface area contributed by atoms with Crippen LogP contribution < -0.4 is 0 Å². The predicted molar refractivity (Wildman–Crippen MR) is 80.7 cm³/mol. The highest BCUT2D eigenvalue weighted by molar-refractivity contribution is 6.30. The maximum atomic E-state index is 6.21. The van der Waals surface area contributed by atoms with Crippen molar-refractivity contribution in [3.8, 4) is 0 Å². The highest BCUT2D eigenvalue weighted by Crippen LogP contribution is 2.64. The maximum absolute atomic E-state index is 6.21. The van der Waals surface area contributed by atoms with Crippen LogP contribution in [0.1, 0.15) is 56.6 Å². The lowest BCUT2D eigenvalue weighted by Crippen LogP contribution is -2.24. The lowest BCUT2D eigenvalue weighted by Gasteiger charge is -2.35. The van der Waals surface area contributed by atoms with Crippen LogP contribution in [0.4, 0.5) is 0 Å². The van der Waals surface area contributed by atoms with Crippen LogP contribution in [-0.4, -0.2) is 0 Å². The summed E-state index contributed by atoms with van der Waals surface area (Å²) in [6, 6.07) is 6.59. The highest BCUT2D eigenvalue weighted by Gasteiger charge is 2.58. The Labute approximate surface area is 121 Å². The Morgan fingerprint density at radius 3 is 2.89 bits per heavy atom. The van der Waals surface area contributed by atoms with Crippen molar-refractivity contribution in [3.05, 3.63) is 34.3 Å². The third-order valence-corrected chi connectivity index (χ3v) is 6.44. The van der Waals surface area contributed by atoms with Crippen molar-refractivity contribution in [2.45, 2.75) is 57.3 Å². The summed E-state index contributed by atoms with van der Waals surface area (Å²) in [4.78, 5) is 0.